The summed E-state index contributed by atoms with van der Waals surface area (Å²) in [6.07, 6.45) is 3.23. The van der Waals surface area contributed by atoms with Crippen LogP contribution in [-0.4, -0.2) is 35.3 Å². The highest BCUT2D eigenvalue weighted by Gasteiger charge is 2.40. The third kappa shape index (κ3) is 3.25. The maximum Gasteiger partial charge on any atom is 0.246 e. The van der Waals surface area contributed by atoms with Crippen molar-refractivity contribution in [3.05, 3.63) is 11.6 Å². The molecule has 4 nitrogen and oxygen atoms in total. The van der Waals surface area contributed by atoms with Gasteiger partial charge in [-0.2, -0.15) is 0 Å². The fourth-order valence-corrected chi connectivity index (χ4v) is 2.38. The number of nitrogens with zero attached hydrogens (tertiary/aromatic N) is 1. The van der Waals surface area contributed by atoms with E-state index in [4.69, 9.17) is 11.6 Å². The maximum atomic E-state index is 12.3. The zero-order chi connectivity index (χ0) is 13.7. The van der Waals surface area contributed by atoms with Crippen molar-refractivity contribution in [2.24, 2.45) is 5.92 Å². The molecule has 0 saturated carbocycles. The molecule has 1 saturated heterocycles. The minimum Gasteiger partial charge on any atom is -0.342 e. The highest BCUT2D eigenvalue weighted by molar-refractivity contribution is 6.25. The number of carbonyl (C=O) groups is 2. The maximum absolute atomic E-state index is 12.3. The van der Waals surface area contributed by atoms with Gasteiger partial charge in [0, 0.05) is 12.1 Å². The predicted octanol–water partition coefficient (Wildman–Crippen LogP) is 1.89. The Kier molecular flexibility index (Phi) is 5.66. The van der Waals surface area contributed by atoms with E-state index in [0.717, 1.165) is 6.42 Å². The fraction of sp³-hybridized carbons (Fsp3) is 0.692. The quantitative estimate of drug-likeness (QED) is 0.831. The van der Waals surface area contributed by atoms with E-state index in [1.165, 1.54) is 5.54 Å². The monoisotopic (exact) mass is 272 g/mol. The van der Waals surface area contributed by atoms with Gasteiger partial charge in [-0.3, -0.25) is 9.59 Å². The van der Waals surface area contributed by atoms with Crippen LogP contribution in [0.25, 0.3) is 0 Å². The Hall–Kier alpha value is -1.03. The third-order valence-corrected chi connectivity index (χ3v) is 3.28. The second-order valence-corrected chi connectivity index (χ2v) is 5.14. The summed E-state index contributed by atoms with van der Waals surface area (Å²) in [5.74, 6) is 0.0104. The van der Waals surface area contributed by atoms with E-state index < -0.39 is 6.04 Å². The van der Waals surface area contributed by atoms with Crippen molar-refractivity contribution in [3.8, 4) is 0 Å². The molecule has 18 heavy (non-hydrogen) atoms. The Morgan fingerprint density at radius 3 is 2.61 bits per heavy atom. The summed E-state index contributed by atoms with van der Waals surface area (Å²) in [7, 11) is 0. The molecule has 0 aromatic carbocycles. The number of halogens is 1. The molecule has 5 heteroatoms. The van der Waals surface area contributed by atoms with Crippen molar-refractivity contribution < 1.29 is 9.59 Å². The molecule has 0 aliphatic carbocycles. The summed E-state index contributed by atoms with van der Waals surface area (Å²) >= 11 is 5.51. The van der Waals surface area contributed by atoms with Gasteiger partial charge in [-0.1, -0.05) is 44.9 Å². The van der Waals surface area contributed by atoms with Crippen LogP contribution in [0.15, 0.2) is 11.6 Å². The number of hydrogen-bond donors (Lipinski definition) is 1. The summed E-state index contributed by atoms with van der Waals surface area (Å²) in [5.41, 5.74) is 1.38. The van der Waals surface area contributed by atoms with Gasteiger partial charge in [-0.05, 0) is 12.3 Å². The Labute approximate surface area is 113 Å². The van der Waals surface area contributed by atoms with Crippen LogP contribution in [0.3, 0.4) is 0 Å². The largest absolute Gasteiger partial charge is 0.342 e. The second kappa shape index (κ2) is 6.78. The molecule has 0 radical (unpaired) electrons. The number of carbonyl (C=O) groups excluding carboxylic acids is 2. The fourth-order valence-electron chi connectivity index (χ4n) is 2.30. The Bertz CT molecular complexity index is 342. The van der Waals surface area contributed by atoms with E-state index in [2.05, 4.69) is 5.32 Å². The smallest absolute Gasteiger partial charge is 0.246 e. The molecule has 1 aliphatic heterocycles. The van der Waals surface area contributed by atoms with Gasteiger partial charge in [-0.15, -0.1) is 0 Å². The third-order valence-electron chi connectivity index (χ3n) is 3.10. The number of rotatable bonds is 5. The molecular formula is C13H21ClN2O2. The van der Waals surface area contributed by atoms with Gasteiger partial charge in [0.25, 0.3) is 0 Å². The second-order valence-electron chi connectivity index (χ2n) is 4.89. The first-order chi connectivity index (χ1) is 8.52. The van der Waals surface area contributed by atoms with E-state index in [1.807, 2.05) is 20.8 Å². The number of hydrogen-bond acceptors (Lipinski definition) is 2. The zero-order valence-electron chi connectivity index (χ0n) is 11.1. The van der Waals surface area contributed by atoms with Crippen LogP contribution < -0.4 is 5.32 Å². The van der Waals surface area contributed by atoms with Crippen molar-refractivity contribution in [1.82, 2.24) is 10.2 Å². The van der Waals surface area contributed by atoms with Crippen LogP contribution in [0.2, 0.25) is 0 Å². The standard InChI is InChI=1S/C13H21ClN2O2/c1-4-6-10-13(18)16(8-5-7-14)11(9(2)3)12(17)15-10/h5,7,9-11H,4,6,8H2,1-3H3,(H,15,17)/b7-5+. The Balaban J connectivity index is 2.92. The van der Waals surface area contributed by atoms with Gasteiger partial charge >= 0.3 is 0 Å². The molecule has 0 aromatic rings. The molecule has 0 bridgehead atoms. The van der Waals surface area contributed by atoms with Gasteiger partial charge in [-0.25, -0.2) is 0 Å². The van der Waals surface area contributed by atoms with Crippen molar-refractivity contribution in [2.75, 3.05) is 6.54 Å². The van der Waals surface area contributed by atoms with Crippen LogP contribution in [0.5, 0.6) is 0 Å². The van der Waals surface area contributed by atoms with Gasteiger partial charge < -0.3 is 10.2 Å². The van der Waals surface area contributed by atoms with Gasteiger partial charge in [0.1, 0.15) is 12.1 Å². The molecule has 2 unspecified atom stereocenters. The lowest BCUT2D eigenvalue weighted by Gasteiger charge is -2.40. The van der Waals surface area contributed by atoms with E-state index in [0.29, 0.717) is 13.0 Å². The minimum absolute atomic E-state index is 0.00934. The van der Waals surface area contributed by atoms with Crippen molar-refractivity contribution in [2.45, 2.75) is 45.7 Å². The molecule has 2 atom stereocenters. The molecule has 0 aromatic heterocycles. The molecule has 0 spiro atoms. The van der Waals surface area contributed by atoms with E-state index in [9.17, 15) is 9.59 Å². The topological polar surface area (TPSA) is 49.4 Å². The summed E-state index contributed by atoms with van der Waals surface area (Å²) < 4.78 is 0. The average molecular weight is 273 g/mol. The van der Waals surface area contributed by atoms with Crippen LogP contribution in [0.1, 0.15) is 33.6 Å². The lowest BCUT2D eigenvalue weighted by atomic mass is 9.95. The molecule has 1 heterocycles. The number of piperazine rings is 1. The summed E-state index contributed by atoms with van der Waals surface area (Å²) in [6, 6.07) is -0.792. The Morgan fingerprint density at radius 2 is 2.11 bits per heavy atom. The van der Waals surface area contributed by atoms with Gasteiger partial charge in [0.05, 0.1) is 0 Å². The number of nitrogens with one attached hydrogen (secondary N) is 1. The van der Waals surface area contributed by atoms with Crippen molar-refractivity contribution in [3.63, 3.8) is 0 Å². The summed E-state index contributed by atoms with van der Waals surface area (Å²) in [4.78, 5) is 26.0. The highest BCUT2D eigenvalue weighted by Crippen LogP contribution is 2.19. The summed E-state index contributed by atoms with van der Waals surface area (Å²) in [6.45, 7) is 6.26. The molecular weight excluding hydrogens is 252 g/mol. The lowest BCUT2D eigenvalue weighted by Crippen LogP contribution is -2.64. The first-order valence-corrected chi connectivity index (χ1v) is 6.82. The van der Waals surface area contributed by atoms with Crippen LogP contribution >= 0.6 is 11.6 Å². The van der Waals surface area contributed by atoms with Crippen LogP contribution in [0, 0.1) is 5.92 Å². The van der Waals surface area contributed by atoms with Gasteiger partial charge in [0.2, 0.25) is 11.8 Å². The van der Waals surface area contributed by atoms with Crippen LogP contribution in [-0.2, 0) is 9.59 Å². The van der Waals surface area contributed by atoms with E-state index >= 15 is 0 Å². The van der Waals surface area contributed by atoms with Crippen molar-refractivity contribution in [1.29, 1.82) is 0 Å². The minimum atomic E-state index is -0.404. The SMILES string of the molecule is CCCC1NC(=O)C(C(C)C)N(C/C=C/Cl)C1=O. The number of amides is 2. The van der Waals surface area contributed by atoms with Crippen molar-refractivity contribution >= 4 is 23.4 Å². The highest BCUT2D eigenvalue weighted by atomic mass is 35.5. The molecule has 1 fully saturated rings. The molecule has 2 amide bonds. The van der Waals surface area contributed by atoms with Crippen LogP contribution in [0.4, 0.5) is 0 Å². The predicted molar refractivity (Wildman–Crippen MR) is 72.2 cm³/mol. The molecule has 102 valence electrons. The Morgan fingerprint density at radius 1 is 1.44 bits per heavy atom. The van der Waals surface area contributed by atoms with E-state index in [-0.39, 0.29) is 23.8 Å². The normalized spacial score (nSPS) is 25.1. The molecule has 1 rings (SSSR count). The molecule has 1 aliphatic rings. The summed E-state index contributed by atoms with van der Waals surface area (Å²) in [5, 5.41) is 2.82. The zero-order valence-corrected chi connectivity index (χ0v) is 11.9. The molecule has 1 N–H and O–H groups in total. The first-order valence-electron chi connectivity index (χ1n) is 6.39. The van der Waals surface area contributed by atoms with Gasteiger partial charge in [0.15, 0.2) is 0 Å². The first kappa shape index (κ1) is 15.0. The van der Waals surface area contributed by atoms with E-state index in [1.54, 1.807) is 11.0 Å². The lowest BCUT2D eigenvalue weighted by molar-refractivity contribution is -0.150. The average Bonchev–Trinajstić information content (AvgIpc) is 2.31.